The normalized spacial score (nSPS) is 20.7. The van der Waals surface area contributed by atoms with E-state index in [-0.39, 0.29) is 0 Å². The number of anilines is 1. The van der Waals surface area contributed by atoms with Gasteiger partial charge in [-0.25, -0.2) is 8.42 Å². The fraction of sp³-hybridized carbons (Fsp3) is 0.455. The van der Waals surface area contributed by atoms with Crippen molar-refractivity contribution in [2.24, 2.45) is 0 Å². The first-order valence-corrected chi connectivity index (χ1v) is 11.5. The number of hydrogen-bond donors (Lipinski definition) is 1. The molecule has 4 nitrogen and oxygen atoms in total. The van der Waals surface area contributed by atoms with Crippen LogP contribution in [0.2, 0.25) is 0 Å². The van der Waals surface area contributed by atoms with E-state index in [0.29, 0.717) is 22.4 Å². The van der Waals surface area contributed by atoms with Gasteiger partial charge in [-0.05, 0) is 86.0 Å². The lowest BCUT2D eigenvalue weighted by Gasteiger charge is -2.15. The van der Waals surface area contributed by atoms with Crippen molar-refractivity contribution in [3.8, 4) is 0 Å². The molecule has 1 aliphatic carbocycles. The van der Waals surface area contributed by atoms with E-state index in [4.69, 9.17) is 0 Å². The van der Waals surface area contributed by atoms with E-state index >= 15 is 0 Å². The van der Waals surface area contributed by atoms with E-state index in [0.717, 1.165) is 19.6 Å². The number of nitrogens with zero attached hydrogens (tertiary/aromatic N) is 1. The van der Waals surface area contributed by atoms with Gasteiger partial charge in [0.2, 0.25) is 0 Å². The van der Waals surface area contributed by atoms with Crippen molar-refractivity contribution >= 4 is 15.7 Å². The zero-order valence-electron chi connectivity index (χ0n) is 15.9. The van der Waals surface area contributed by atoms with Crippen LogP contribution in [0.4, 0.5) is 5.69 Å². The summed E-state index contributed by atoms with van der Waals surface area (Å²) in [4.78, 5) is 2.83. The van der Waals surface area contributed by atoms with E-state index in [1.165, 1.54) is 36.8 Å². The molecule has 1 heterocycles. The van der Waals surface area contributed by atoms with Gasteiger partial charge in [0.25, 0.3) is 10.0 Å². The van der Waals surface area contributed by atoms with Crippen LogP contribution in [-0.2, 0) is 10.0 Å². The highest BCUT2D eigenvalue weighted by Crippen LogP contribution is 2.40. The number of nitrogens with one attached hydrogen (secondary N) is 1. The van der Waals surface area contributed by atoms with Crippen LogP contribution in [0.1, 0.15) is 55.6 Å². The molecule has 0 amide bonds. The number of sulfonamides is 1. The molecule has 1 N–H and O–H groups in total. The molecular weight excluding hydrogens is 356 g/mol. The standard InChI is InChI=1S/C22H28N2O2S/c1-2-14-24-15-13-20(16-24)19-5-9-21(10-6-19)23-27(25,26)22-11-7-18(8-12-22)17-3-4-17/h5-12,17,20,23H,2-4,13-16H2,1H3. The van der Waals surface area contributed by atoms with Gasteiger partial charge in [0, 0.05) is 12.2 Å². The molecule has 2 aliphatic rings. The second-order valence-electron chi connectivity index (χ2n) is 7.86. The molecule has 1 saturated heterocycles. The highest BCUT2D eigenvalue weighted by atomic mass is 32.2. The molecule has 5 heteroatoms. The Morgan fingerprint density at radius 2 is 1.56 bits per heavy atom. The lowest BCUT2D eigenvalue weighted by atomic mass is 9.98. The van der Waals surface area contributed by atoms with Crippen LogP contribution >= 0.6 is 0 Å². The predicted molar refractivity (Wildman–Crippen MR) is 110 cm³/mol. The van der Waals surface area contributed by atoms with Crippen LogP contribution in [-0.4, -0.2) is 33.0 Å². The van der Waals surface area contributed by atoms with Crippen molar-refractivity contribution in [3.05, 3.63) is 59.7 Å². The Kier molecular flexibility index (Phi) is 5.24. The molecule has 2 aromatic rings. The molecule has 0 bridgehead atoms. The molecule has 1 saturated carbocycles. The molecule has 1 atom stereocenters. The number of rotatable bonds is 7. The maximum atomic E-state index is 12.6. The fourth-order valence-corrected chi connectivity index (χ4v) is 5.06. The van der Waals surface area contributed by atoms with Gasteiger partial charge >= 0.3 is 0 Å². The Morgan fingerprint density at radius 1 is 0.926 bits per heavy atom. The average molecular weight is 385 g/mol. The largest absolute Gasteiger partial charge is 0.303 e. The summed E-state index contributed by atoms with van der Waals surface area (Å²) >= 11 is 0. The van der Waals surface area contributed by atoms with Crippen molar-refractivity contribution in [1.82, 2.24) is 4.90 Å². The summed E-state index contributed by atoms with van der Waals surface area (Å²) < 4.78 is 28.0. The summed E-state index contributed by atoms with van der Waals surface area (Å²) in [6.07, 6.45) is 4.80. The van der Waals surface area contributed by atoms with Crippen LogP contribution in [0.3, 0.4) is 0 Å². The van der Waals surface area contributed by atoms with Crippen LogP contribution in [0.15, 0.2) is 53.4 Å². The van der Waals surface area contributed by atoms with E-state index in [1.807, 2.05) is 24.3 Å². The maximum absolute atomic E-state index is 12.6. The Labute approximate surface area is 162 Å². The smallest absolute Gasteiger partial charge is 0.261 e. The van der Waals surface area contributed by atoms with Gasteiger partial charge in [-0.1, -0.05) is 31.2 Å². The first-order valence-electron chi connectivity index (χ1n) is 10.0. The zero-order chi connectivity index (χ0) is 18.9. The van der Waals surface area contributed by atoms with Gasteiger partial charge < -0.3 is 4.90 Å². The van der Waals surface area contributed by atoms with Gasteiger partial charge in [0.1, 0.15) is 0 Å². The average Bonchev–Trinajstić information content (AvgIpc) is 3.42. The topological polar surface area (TPSA) is 49.4 Å². The Balaban J connectivity index is 1.41. The summed E-state index contributed by atoms with van der Waals surface area (Å²) in [5.41, 5.74) is 3.16. The van der Waals surface area contributed by atoms with Crippen molar-refractivity contribution in [1.29, 1.82) is 0 Å². The molecule has 144 valence electrons. The van der Waals surface area contributed by atoms with Gasteiger partial charge in [-0.2, -0.15) is 0 Å². The summed E-state index contributed by atoms with van der Waals surface area (Å²) in [6, 6.07) is 15.2. The number of likely N-dealkylation sites (tertiary alicyclic amines) is 1. The van der Waals surface area contributed by atoms with E-state index in [2.05, 4.69) is 28.7 Å². The van der Waals surface area contributed by atoms with Crippen LogP contribution in [0.5, 0.6) is 0 Å². The fourth-order valence-electron chi connectivity index (χ4n) is 4.00. The Morgan fingerprint density at radius 3 is 2.19 bits per heavy atom. The van der Waals surface area contributed by atoms with Gasteiger partial charge in [0.15, 0.2) is 0 Å². The molecule has 0 aromatic heterocycles. The molecule has 1 unspecified atom stereocenters. The third-order valence-corrected chi connectivity index (χ3v) is 7.08. The van der Waals surface area contributed by atoms with E-state index < -0.39 is 10.0 Å². The highest BCUT2D eigenvalue weighted by Gasteiger charge is 2.25. The second-order valence-corrected chi connectivity index (χ2v) is 9.54. The number of benzene rings is 2. The molecule has 2 fully saturated rings. The first kappa shape index (κ1) is 18.5. The summed E-state index contributed by atoms with van der Waals surface area (Å²) in [7, 11) is -3.54. The Hall–Kier alpha value is -1.85. The molecule has 0 spiro atoms. The predicted octanol–water partition coefficient (Wildman–Crippen LogP) is 4.56. The van der Waals surface area contributed by atoms with Gasteiger partial charge in [0.05, 0.1) is 4.90 Å². The molecule has 4 rings (SSSR count). The Bertz CT molecular complexity index is 872. The van der Waals surface area contributed by atoms with Crippen molar-refractivity contribution in [2.45, 2.75) is 49.3 Å². The van der Waals surface area contributed by atoms with Crippen LogP contribution in [0.25, 0.3) is 0 Å². The molecular formula is C22H28N2O2S. The quantitative estimate of drug-likeness (QED) is 0.761. The maximum Gasteiger partial charge on any atom is 0.261 e. The summed E-state index contributed by atoms with van der Waals surface area (Å²) in [5, 5.41) is 0. The van der Waals surface area contributed by atoms with Crippen molar-refractivity contribution in [2.75, 3.05) is 24.4 Å². The molecule has 1 aliphatic heterocycles. The first-order chi connectivity index (χ1) is 13.0. The van der Waals surface area contributed by atoms with Gasteiger partial charge in [-0.15, -0.1) is 0 Å². The highest BCUT2D eigenvalue weighted by molar-refractivity contribution is 7.92. The zero-order valence-corrected chi connectivity index (χ0v) is 16.7. The second kappa shape index (κ2) is 7.64. The van der Waals surface area contributed by atoms with E-state index in [9.17, 15) is 8.42 Å². The molecule has 0 radical (unpaired) electrons. The van der Waals surface area contributed by atoms with Crippen LogP contribution < -0.4 is 4.72 Å². The van der Waals surface area contributed by atoms with Gasteiger partial charge in [-0.3, -0.25) is 4.72 Å². The third kappa shape index (κ3) is 4.36. The SMILES string of the molecule is CCCN1CCC(c2ccc(NS(=O)(=O)c3ccc(C4CC4)cc3)cc2)C1. The van der Waals surface area contributed by atoms with Crippen molar-refractivity contribution < 1.29 is 8.42 Å². The monoisotopic (exact) mass is 384 g/mol. The minimum atomic E-state index is -3.54. The molecule has 2 aromatic carbocycles. The minimum Gasteiger partial charge on any atom is -0.303 e. The summed E-state index contributed by atoms with van der Waals surface area (Å²) in [5.74, 6) is 1.18. The van der Waals surface area contributed by atoms with Crippen LogP contribution in [0, 0.1) is 0 Å². The minimum absolute atomic E-state index is 0.321. The van der Waals surface area contributed by atoms with Crippen molar-refractivity contribution in [3.63, 3.8) is 0 Å². The summed E-state index contributed by atoms with van der Waals surface area (Å²) in [6.45, 7) is 5.64. The molecule has 27 heavy (non-hydrogen) atoms. The lowest BCUT2D eigenvalue weighted by molar-refractivity contribution is 0.335. The number of hydrogen-bond acceptors (Lipinski definition) is 3. The van der Waals surface area contributed by atoms with E-state index in [1.54, 1.807) is 12.1 Å². The third-order valence-electron chi connectivity index (χ3n) is 5.69. The lowest BCUT2D eigenvalue weighted by Crippen LogP contribution is -2.20.